The van der Waals surface area contributed by atoms with Crippen LogP contribution in [0, 0.1) is 17.7 Å². The second kappa shape index (κ2) is 6.59. The number of sulfonamides is 1. The maximum atomic E-state index is 13.3. The van der Waals surface area contributed by atoms with Gasteiger partial charge in [-0.1, -0.05) is 11.8 Å². The van der Waals surface area contributed by atoms with E-state index in [9.17, 15) is 12.8 Å². The Labute approximate surface area is 122 Å². The zero-order valence-electron chi connectivity index (χ0n) is 10.7. The minimum atomic E-state index is -3.67. The van der Waals surface area contributed by atoms with Crippen molar-refractivity contribution in [2.75, 3.05) is 31.2 Å². The second-order valence-electron chi connectivity index (χ2n) is 4.12. The van der Waals surface area contributed by atoms with Crippen molar-refractivity contribution in [2.24, 2.45) is 0 Å². The number of aliphatic hydroxyl groups is 1. The van der Waals surface area contributed by atoms with Gasteiger partial charge in [-0.3, -0.25) is 0 Å². The first-order chi connectivity index (χ1) is 9.55. The monoisotopic (exact) mass is 315 g/mol. The van der Waals surface area contributed by atoms with Crippen LogP contribution in [-0.4, -0.2) is 49.0 Å². The van der Waals surface area contributed by atoms with Crippen molar-refractivity contribution >= 4 is 21.8 Å². The van der Waals surface area contributed by atoms with E-state index in [0.29, 0.717) is 13.1 Å². The quantitative estimate of drug-likeness (QED) is 0.824. The van der Waals surface area contributed by atoms with Gasteiger partial charge in [0.1, 0.15) is 12.4 Å². The van der Waals surface area contributed by atoms with E-state index in [0.717, 1.165) is 23.6 Å². The average Bonchev–Trinajstić information content (AvgIpc) is 2.46. The molecule has 1 fully saturated rings. The number of rotatable bonds is 2. The lowest BCUT2D eigenvalue weighted by molar-refractivity contribution is 0.350. The van der Waals surface area contributed by atoms with Crippen LogP contribution in [0.5, 0.6) is 0 Å². The van der Waals surface area contributed by atoms with Gasteiger partial charge in [-0.25, -0.2) is 12.8 Å². The molecule has 1 heterocycles. The predicted octanol–water partition coefficient (Wildman–Crippen LogP) is 0.907. The summed E-state index contributed by atoms with van der Waals surface area (Å²) in [7, 11) is -3.67. The van der Waals surface area contributed by atoms with E-state index in [2.05, 4.69) is 11.8 Å². The van der Waals surface area contributed by atoms with E-state index in [-0.39, 0.29) is 10.5 Å². The van der Waals surface area contributed by atoms with Gasteiger partial charge in [0.2, 0.25) is 10.0 Å². The van der Waals surface area contributed by atoms with Gasteiger partial charge < -0.3 is 5.11 Å². The van der Waals surface area contributed by atoms with Crippen LogP contribution < -0.4 is 0 Å². The van der Waals surface area contributed by atoms with Crippen LogP contribution in [0.15, 0.2) is 23.1 Å². The highest BCUT2D eigenvalue weighted by Gasteiger charge is 2.28. The fraction of sp³-hybridized carbons (Fsp3) is 0.385. The zero-order chi connectivity index (χ0) is 14.6. The summed E-state index contributed by atoms with van der Waals surface area (Å²) in [5.41, 5.74) is 0.0808. The number of thioether (sulfide) groups is 1. The Balaban J connectivity index is 2.45. The maximum absolute atomic E-state index is 13.3. The molecule has 7 heteroatoms. The Morgan fingerprint density at radius 1 is 1.35 bits per heavy atom. The van der Waals surface area contributed by atoms with E-state index >= 15 is 0 Å². The largest absolute Gasteiger partial charge is 0.384 e. The molecule has 0 atom stereocenters. The van der Waals surface area contributed by atoms with Gasteiger partial charge in [-0.2, -0.15) is 16.1 Å². The molecule has 0 aliphatic carbocycles. The highest BCUT2D eigenvalue weighted by molar-refractivity contribution is 7.99. The number of benzene rings is 1. The van der Waals surface area contributed by atoms with Gasteiger partial charge in [-0.15, -0.1) is 0 Å². The van der Waals surface area contributed by atoms with Gasteiger partial charge >= 0.3 is 0 Å². The first kappa shape index (κ1) is 15.3. The first-order valence-electron chi connectivity index (χ1n) is 6.03. The third-order valence-electron chi connectivity index (χ3n) is 2.83. The van der Waals surface area contributed by atoms with Crippen molar-refractivity contribution in [3.8, 4) is 11.8 Å². The van der Waals surface area contributed by atoms with Crippen molar-refractivity contribution in [1.82, 2.24) is 4.31 Å². The molecule has 20 heavy (non-hydrogen) atoms. The number of hydrogen-bond donors (Lipinski definition) is 1. The number of hydrogen-bond acceptors (Lipinski definition) is 4. The Morgan fingerprint density at radius 2 is 2.05 bits per heavy atom. The van der Waals surface area contributed by atoms with E-state index in [1.165, 1.54) is 10.4 Å². The lowest BCUT2D eigenvalue weighted by atomic mass is 10.2. The van der Waals surface area contributed by atoms with E-state index in [1.807, 2.05) is 0 Å². The lowest BCUT2D eigenvalue weighted by Gasteiger charge is -2.26. The molecular weight excluding hydrogens is 301 g/mol. The number of halogens is 1. The standard InChI is InChI=1S/C13H14FNO3S2/c14-12-3-4-13(11(10-12)2-1-7-16)20(17,18)15-5-8-19-9-6-15/h3-4,10,16H,5-9H2. The Morgan fingerprint density at radius 3 is 2.70 bits per heavy atom. The van der Waals surface area contributed by atoms with E-state index in [4.69, 9.17) is 5.11 Å². The molecule has 1 aliphatic rings. The smallest absolute Gasteiger partial charge is 0.244 e. The molecule has 0 amide bonds. The van der Waals surface area contributed by atoms with Gasteiger partial charge in [0, 0.05) is 30.2 Å². The summed E-state index contributed by atoms with van der Waals surface area (Å²) in [4.78, 5) is -0.00764. The summed E-state index contributed by atoms with van der Waals surface area (Å²) in [6.45, 7) is 0.477. The number of aliphatic hydroxyl groups excluding tert-OH is 1. The second-order valence-corrected chi connectivity index (χ2v) is 7.25. The molecule has 0 radical (unpaired) electrons. The molecule has 0 spiro atoms. The summed E-state index contributed by atoms with van der Waals surface area (Å²) >= 11 is 1.70. The van der Waals surface area contributed by atoms with Crippen molar-refractivity contribution in [3.63, 3.8) is 0 Å². The van der Waals surface area contributed by atoms with Crippen LogP contribution in [0.4, 0.5) is 4.39 Å². The molecule has 4 nitrogen and oxygen atoms in total. The van der Waals surface area contributed by atoms with Crippen LogP contribution in [0.3, 0.4) is 0 Å². The third-order valence-corrected chi connectivity index (χ3v) is 5.73. The Kier molecular flexibility index (Phi) is 5.05. The molecule has 0 aromatic heterocycles. The summed E-state index contributed by atoms with van der Waals surface area (Å²) in [6.07, 6.45) is 0. The Bertz CT molecular complexity index is 643. The van der Waals surface area contributed by atoms with E-state index in [1.54, 1.807) is 11.8 Å². The van der Waals surface area contributed by atoms with Gasteiger partial charge in [0.15, 0.2) is 0 Å². The fourth-order valence-corrected chi connectivity index (χ4v) is 4.59. The zero-order valence-corrected chi connectivity index (χ0v) is 12.3. The van der Waals surface area contributed by atoms with Crippen LogP contribution in [0.25, 0.3) is 0 Å². The van der Waals surface area contributed by atoms with Crippen molar-refractivity contribution < 1.29 is 17.9 Å². The molecule has 1 aromatic carbocycles. The molecule has 0 unspecified atom stereocenters. The predicted molar refractivity (Wildman–Crippen MR) is 76.4 cm³/mol. The molecule has 1 saturated heterocycles. The minimum absolute atomic E-state index is 0.00764. The van der Waals surface area contributed by atoms with E-state index < -0.39 is 22.4 Å². The number of nitrogens with zero attached hydrogens (tertiary/aromatic N) is 1. The average molecular weight is 315 g/mol. The highest BCUT2D eigenvalue weighted by Crippen LogP contribution is 2.23. The normalized spacial score (nSPS) is 16.5. The van der Waals surface area contributed by atoms with Crippen molar-refractivity contribution in [1.29, 1.82) is 0 Å². The van der Waals surface area contributed by atoms with Gasteiger partial charge in [0.05, 0.1) is 4.90 Å². The highest BCUT2D eigenvalue weighted by atomic mass is 32.2. The molecule has 1 N–H and O–H groups in total. The summed E-state index contributed by atoms with van der Waals surface area (Å²) in [6, 6.07) is 3.41. The molecule has 1 aromatic rings. The molecule has 0 bridgehead atoms. The topological polar surface area (TPSA) is 57.6 Å². The van der Waals surface area contributed by atoms with Crippen LogP contribution in [0.1, 0.15) is 5.56 Å². The van der Waals surface area contributed by atoms with Gasteiger partial charge in [-0.05, 0) is 18.2 Å². The SMILES string of the molecule is O=S(=O)(c1ccc(F)cc1C#CCO)N1CCSCC1. The van der Waals surface area contributed by atoms with Crippen molar-refractivity contribution in [3.05, 3.63) is 29.6 Å². The third kappa shape index (κ3) is 3.33. The molecule has 108 valence electrons. The molecule has 2 rings (SSSR count). The summed E-state index contributed by atoms with van der Waals surface area (Å²) in [5.74, 6) is 5.80. The molecule has 0 saturated carbocycles. The van der Waals surface area contributed by atoms with Crippen molar-refractivity contribution in [2.45, 2.75) is 4.90 Å². The maximum Gasteiger partial charge on any atom is 0.244 e. The van der Waals surface area contributed by atoms with Gasteiger partial charge in [0.25, 0.3) is 0 Å². The minimum Gasteiger partial charge on any atom is -0.384 e. The first-order valence-corrected chi connectivity index (χ1v) is 8.62. The van der Waals surface area contributed by atoms with Crippen LogP contribution >= 0.6 is 11.8 Å². The molecule has 1 aliphatic heterocycles. The fourth-order valence-electron chi connectivity index (χ4n) is 1.89. The lowest BCUT2D eigenvalue weighted by Crippen LogP contribution is -2.38. The Hall–Kier alpha value is -1.07. The molecular formula is C13H14FNO3S2. The van der Waals surface area contributed by atoms with Crippen LogP contribution in [0.2, 0.25) is 0 Å². The van der Waals surface area contributed by atoms with Crippen LogP contribution in [-0.2, 0) is 10.0 Å². The summed E-state index contributed by atoms with van der Waals surface area (Å²) < 4.78 is 39.7. The summed E-state index contributed by atoms with van der Waals surface area (Å²) in [5, 5.41) is 8.71.